The Bertz CT molecular complexity index is 1300. The molecule has 2 aromatic heterocycles. The third kappa shape index (κ3) is 5.85. The molecule has 0 bridgehead atoms. The maximum atomic E-state index is 13.1. The fourth-order valence-corrected chi connectivity index (χ4v) is 4.06. The number of halogens is 3. The predicted octanol–water partition coefficient (Wildman–Crippen LogP) is 4.53. The van der Waals surface area contributed by atoms with Gasteiger partial charge < -0.3 is 9.64 Å². The first-order valence-corrected chi connectivity index (χ1v) is 12.1. The molecular formula is C26H27F3N4O3. The van der Waals surface area contributed by atoms with Gasteiger partial charge in [0.25, 0.3) is 0 Å². The summed E-state index contributed by atoms with van der Waals surface area (Å²) >= 11 is 0. The summed E-state index contributed by atoms with van der Waals surface area (Å²) in [6.45, 7) is 1.34. The number of alkyl halides is 3. The van der Waals surface area contributed by atoms with Crippen LogP contribution in [0.3, 0.4) is 0 Å². The highest BCUT2D eigenvalue weighted by atomic mass is 19.4. The van der Waals surface area contributed by atoms with Crippen molar-refractivity contribution >= 4 is 22.6 Å². The van der Waals surface area contributed by atoms with Crippen LogP contribution in [0.1, 0.15) is 47.4 Å². The second kappa shape index (κ2) is 9.55. The number of Topliss-reactive ketones (excluding diaryl/α,β-unsaturated/α-hetero) is 1. The summed E-state index contributed by atoms with van der Waals surface area (Å²) in [7, 11) is 1.79. The largest absolute Gasteiger partial charge is 0.493 e. The number of nitrogens with zero attached hydrogens (tertiary/aromatic N) is 4. The van der Waals surface area contributed by atoms with Crippen LogP contribution in [0.4, 0.5) is 13.2 Å². The number of rotatable bonds is 10. The van der Waals surface area contributed by atoms with Crippen LogP contribution < -0.4 is 4.74 Å². The Kier molecular flexibility index (Phi) is 6.44. The van der Waals surface area contributed by atoms with Gasteiger partial charge in [-0.2, -0.15) is 18.3 Å². The van der Waals surface area contributed by atoms with Crippen molar-refractivity contribution in [1.82, 2.24) is 19.7 Å². The fourth-order valence-electron chi connectivity index (χ4n) is 4.06. The van der Waals surface area contributed by atoms with Gasteiger partial charge in [-0.25, -0.2) is 4.98 Å². The standard InChI is InChI=1S/C26H27F3N4O3/c1-32(12-16-5-6-16)25(35)14-33-13-19-9-18(23(11-21(19)31-33)36-15-17-7-8-17)10-22(34)20-3-2-4-24(30-20)26(27,28)29/h2-4,9,11,13,16-17H,5-8,10,12,14-15H2,1H3. The van der Waals surface area contributed by atoms with Gasteiger partial charge in [-0.1, -0.05) is 6.07 Å². The van der Waals surface area contributed by atoms with Crippen molar-refractivity contribution in [3.8, 4) is 5.75 Å². The lowest BCUT2D eigenvalue weighted by atomic mass is 10.0. The first-order valence-electron chi connectivity index (χ1n) is 12.1. The van der Waals surface area contributed by atoms with Crippen LogP contribution in [0.5, 0.6) is 5.75 Å². The number of likely N-dealkylation sites (N-methyl/N-ethyl adjacent to an activating group) is 1. The van der Waals surface area contributed by atoms with Crippen LogP contribution in [0.25, 0.3) is 10.9 Å². The molecule has 2 aliphatic carbocycles. The summed E-state index contributed by atoms with van der Waals surface area (Å²) < 4.78 is 46.7. The summed E-state index contributed by atoms with van der Waals surface area (Å²) in [5, 5.41) is 5.23. The van der Waals surface area contributed by atoms with E-state index in [-0.39, 0.29) is 24.6 Å². The Balaban J connectivity index is 1.38. The summed E-state index contributed by atoms with van der Waals surface area (Å²) in [5.41, 5.74) is -0.194. The van der Waals surface area contributed by atoms with E-state index in [1.54, 1.807) is 35.0 Å². The summed E-state index contributed by atoms with van der Waals surface area (Å²) in [4.78, 5) is 30.7. The zero-order chi connectivity index (χ0) is 25.4. The summed E-state index contributed by atoms with van der Waals surface area (Å²) in [5.74, 6) is 0.948. The predicted molar refractivity (Wildman–Crippen MR) is 126 cm³/mol. The highest BCUT2D eigenvalue weighted by molar-refractivity contribution is 5.97. The smallest absolute Gasteiger partial charge is 0.433 e. The topological polar surface area (TPSA) is 77.3 Å². The van der Waals surface area contributed by atoms with Gasteiger partial charge in [0, 0.05) is 43.2 Å². The molecule has 0 N–H and O–H groups in total. The Morgan fingerprint density at radius 3 is 2.58 bits per heavy atom. The average Bonchev–Trinajstić information content (AvgIpc) is 3.76. The van der Waals surface area contributed by atoms with E-state index in [9.17, 15) is 22.8 Å². The van der Waals surface area contributed by atoms with Crippen molar-refractivity contribution in [2.45, 2.75) is 44.8 Å². The van der Waals surface area contributed by atoms with Gasteiger partial charge in [0.05, 0.1) is 12.1 Å². The number of ketones is 1. The first kappa shape index (κ1) is 24.3. The zero-order valence-electron chi connectivity index (χ0n) is 19.9. The number of hydrogen-bond donors (Lipinski definition) is 0. The molecule has 36 heavy (non-hydrogen) atoms. The molecule has 5 rings (SSSR count). The molecule has 7 nitrogen and oxygen atoms in total. The minimum absolute atomic E-state index is 0.0362. The number of pyridine rings is 1. The van der Waals surface area contributed by atoms with Crippen molar-refractivity contribution in [2.75, 3.05) is 20.2 Å². The van der Waals surface area contributed by atoms with Gasteiger partial charge in [0.1, 0.15) is 23.7 Å². The number of aromatic nitrogens is 3. The van der Waals surface area contributed by atoms with Crippen molar-refractivity contribution in [3.63, 3.8) is 0 Å². The molecule has 0 spiro atoms. The van der Waals surface area contributed by atoms with Crippen molar-refractivity contribution in [1.29, 1.82) is 0 Å². The number of carbonyl (C=O) groups excluding carboxylic acids is 2. The van der Waals surface area contributed by atoms with Crippen molar-refractivity contribution in [3.05, 3.63) is 53.5 Å². The van der Waals surface area contributed by atoms with E-state index in [0.717, 1.165) is 38.3 Å². The third-order valence-corrected chi connectivity index (χ3v) is 6.53. The van der Waals surface area contributed by atoms with E-state index in [4.69, 9.17) is 4.74 Å². The molecule has 1 amide bonds. The van der Waals surface area contributed by atoms with E-state index in [1.807, 2.05) is 0 Å². The molecule has 0 aliphatic heterocycles. The molecule has 0 saturated heterocycles. The van der Waals surface area contributed by atoms with Crippen LogP contribution in [-0.4, -0.2) is 51.6 Å². The van der Waals surface area contributed by atoms with Crippen molar-refractivity contribution < 1.29 is 27.5 Å². The Labute approximate surface area is 206 Å². The molecule has 2 saturated carbocycles. The number of hydrogen-bond acceptors (Lipinski definition) is 5. The minimum atomic E-state index is -4.63. The van der Waals surface area contributed by atoms with E-state index < -0.39 is 17.7 Å². The number of ether oxygens (including phenoxy) is 1. The minimum Gasteiger partial charge on any atom is -0.493 e. The lowest BCUT2D eigenvalue weighted by Crippen LogP contribution is -2.32. The quantitative estimate of drug-likeness (QED) is 0.382. The van der Waals surface area contributed by atoms with Crippen LogP contribution in [-0.2, 0) is 23.9 Å². The van der Waals surface area contributed by atoms with Crippen LogP contribution in [0, 0.1) is 11.8 Å². The highest BCUT2D eigenvalue weighted by Gasteiger charge is 2.33. The third-order valence-electron chi connectivity index (χ3n) is 6.53. The Hall–Kier alpha value is -3.43. The molecule has 0 atom stereocenters. The van der Waals surface area contributed by atoms with Gasteiger partial charge in [0.15, 0.2) is 5.78 Å². The molecule has 1 aromatic carbocycles. The summed E-state index contributed by atoms with van der Waals surface area (Å²) in [6.07, 6.45) is 1.41. The average molecular weight is 501 g/mol. The SMILES string of the molecule is CN(CC1CC1)C(=O)Cn1cc2cc(CC(=O)c3cccc(C(F)(F)F)n3)c(OCC3CC3)cc2n1. The van der Waals surface area contributed by atoms with E-state index in [2.05, 4.69) is 10.1 Å². The second-order valence-corrected chi connectivity index (χ2v) is 9.82. The monoisotopic (exact) mass is 500 g/mol. The number of fused-ring (bicyclic) bond motifs is 1. The van der Waals surface area contributed by atoms with Gasteiger partial charge in [-0.05, 0) is 55.7 Å². The van der Waals surface area contributed by atoms with E-state index >= 15 is 0 Å². The van der Waals surface area contributed by atoms with E-state index in [1.165, 1.54) is 12.1 Å². The van der Waals surface area contributed by atoms with Gasteiger partial charge >= 0.3 is 6.18 Å². The van der Waals surface area contributed by atoms with Gasteiger partial charge in [-0.3, -0.25) is 14.3 Å². The lowest BCUT2D eigenvalue weighted by molar-refractivity contribution is -0.141. The molecule has 10 heteroatoms. The lowest BCUT2D eigenvalue weighted by Gasteiger charge is -2.16. The fraction of sp³-hybridized carbons (Fsp3) is 0.462. The number of amides is 1. The van der Waals surface area contributed by atoms with Crippen LogP contribution >= 0.6 is 0 Å². The molecule has 190 valence electrons. The molecule has 2 aliphatic rings. The maximum Gasteiger partial charge on any atom is 0.433 e. The molecule has 0 radical (unpaired) electrons. The van der Waals surface area contributed by atoms with Crippen LogP contribution in [0.15, 0.2) is 36.5 Å². The number of benzene rings is 1. The maximum absolute atomic E-state index is 13.1. The van der Waals surface area contributed by atoms with Gasteiger partial charge in [0.2, 0.25) is 5.91 Å². The normalized spacial score (nSPS) is 15.8. The Morgan fingerprint density at radius 1 is 1.14 bits per heavy atom. The molecule has 0 unspecified atom stereocenters. The molecule has 3 aromatic rings. The summed E-state index contributed by atoms with van der Waals surface area (Å²) in [6, 6.07) is 6.78. The first-order chi connectivity index (χ1) is 17.2. The molecule has 2 heterocycles. The number of carbonyl (C=O) groups is 2. The van der Waals surface area contributed by atoms with E-state index in [0.29, 0.717) is 40.7 Å². The zero-order valence-corrected chi connectivity index (χ0v) is 19.9. The van der Waals surface area contributed by atoms with Crippen LogP contribution in [0.2, 0.25) is 0 Å². The Morgan fingerprint density at radius 2 is 1.89 bits per heavy atom. The molecule has 2 fully saturated rings. The highest BCUT2D eigenvalue weighted by Crippen LogP contribution is 2.33. The van der Waals surface area contributed by atoms with Gasteiger partial charge in [-0.15, -0.1) is 0 Å². The molecular weight excluding hydrogens is 473 g/mol. The second-order valence-electron chi connectivity index (χ2n) is 9.82. The van der Waals surface area contributed by atoms with Crippen molar-refractivity contribution in [2.24, 2.45) is 11.8 Å².